The van der Waals surface area contributed by atoms with Gasteiger partial charge in [-0.3, -0.25) is 0 Å². The van der Waals surface area contributed by atoms with Gasteiger partial charge < -0.3 is 16.0 Å². The third-order valence-electron chi connectivity index (χ3n) is 7.41. The van der Waals surface area contributed by atoms with Gasteiger partial charge in [-0.1, -0.05) is 56.6 Å². The summed E-state index contributed by atoms with van der Waals surface area (Å²) in [4.78, 5) is 13.5. The Morgan fingerprint density at radius 2 is 1.75 bits per heavy atom. The van der Waals surface area contributed by atoms with Gasteiger partial charge in [0.05, 0.1) is 33.5 Å². The number of fused-ring (bicyclic) bond motifs is 1. The van der Waals surface area contributed by atoms with Gasteiger partial charge >= 0.3 is 6.03 Å². The van der Waals surface area contributed by atoms with Crippen molar-refractivity contribution in [2.24, 2.45) is 5.73 Å². The number of halogens is 3. The first-order chi connectivity index (χ1) is 18.8. The third kappa shape index (κ3) is 5.04. The number of para-hydroxylation sites is 1. The summed E-state index contributed by atoms with van der Waals surface area (Å²) in [5.74, 6) is -1.50. The molecule has 9 heteroatoms. The Bertz CT molecular complexity index is 1620. The number of carbonyl (C=O) groups excluding carboxylic acids is 1. The number of rotatable bonds is 4. The van der Waals surface area contributed by atoms with Gasteiger partial charge in [-0.25, -0.2) is 18.3 Å². The Labute approximate surface area is 237 Å². The predicted octanol–water partition coefficient (Wildman–Crippen LogP) is 7.44. The van der Waals surface area contributed by atoms with Gasteiger partial charge in [0.2, 0.25) is 0 Å². The fourth-order valence-electron chi connectivity index (χ4n) is 5.34. The molecule has 0 radical (unpaired) electrons. The Balaban J connectivity index is 1.68. The van der Waals surface area contributed by atoms with Crippen LogP contribution in [0.4, 0.5) is 25.0 Å². The van der Waals surface area contributed by atoms with E-state index in [1.165, 1.54) is 0 Å². The molecule has 2 amide bonds. The quantitative estimate of drug-likeness (QED) is 0.271. The summed E-state index contributed by atoms with van der Waals surface area (Å²) in [6.45, 7) is 11.4. The molecule has 0 saturated carbocycles. The largest absolute Gasteiger partial charge is 0.365 e. The van der Waals surface area contributed by atoms with Gasteiger partial charge in [-0.05, 0) is 54.2 Å². The fourth-order valence-corrected chi connectivity index (χ4v) is 5.64. The molecule has 40 heavy (non-hydrogen) atoms. The normalized spacial score (nSPS) is 13.3. The number of benzene rings is 3. The lowest BCUT2D eigenvalue weighted by Crippen LogP contribution is -2.30. The number of urea groups is 1. The standard InChI is InChI=1S/C31H32ClF2N5O/c1-17-7-6-8-18(2)28(17)39-29(20-14-24(34)26(15-23(20)33)36-30(35)40)21-16-38(12-11-25(21)37-39)27-10-9-19(13-22(27)32)31(3,4)5/h6-10,13-15H,11-12,16H2,1-5H3,(H3,35,36,40). The van der Waals surface area contributed by atoms with Crippen LogP contribution in [0.2, 0.25) is 5.02 Å². The van der Waals surface area contributed by atoms with Crippen LogP contribution in [0, 0.1) is 25.5 Å². The summed E-state index contributed by atoms with van der Waals surface area (Å²) < 4.78 is 32.6. The van der Waals surface area contributed by atoms with Gasteiger partial charge in [0.15, 0.2) is 0 Å². The summed E-state index contributed by atoms with van der Waals surface area (Å²) in [6, 6.07) is 13.0. The van der Waals surface area contributed by atoms with E-state index in [0.717, 1.165) is 51.5 Å². The van der Waals surface area contributed by atoms with Crippen molar-refractivity contribution in [3.05, 3.63) is 93.1 Å². The molecule has 6 nitrogen and oxygen atoms in total. The fraction of sp³-hybridized carbons (Fsp3) is 0.290. The number of primary amides is 1. The van der Waals surface area contributed by atoms with Crippen molar-refractivity contribution in [3.8, 4) is 16.9 Å². The van der Waals surface area contributed by atoms with Crippen molar-refractivity contribution in [2.45, 2.75) is 53.0 Å². The molecule has 5 rings (SSSR count). The maximum atomic E-state index is 15.7. The van der Waals surface area contributed by atoms with E-state index in [0.29, 0.717) is 30.2 Å². The van der Waals surface area contributed by atoms with Crippen LogP contribution in [0.3, 0.4) is 0 Å². The molecule has 1 aliphatic rings. The average Bonchev–Trinajstić information content (AvgIpc) is 3.23. The number of nitrogens with zero attached hydrogens (tertiary/aromatic N) is 3. The molecule has 1 aromatic heterocycles. The van der Waals surface area contributed by atoms with Crippen LogP contribution in [-0.2, 0) is 18.4 Å². The van der Waals surface area contributed by atoms with Crippen LogP contribution in [0.1, 0.15) is 48.7 Å². The molecule has 0 unspecified atom stereocenters. The highest BCUT2D eigenvalue weighted by Gasteiger charge is 2.30. The highest BCUT2D eigenvalue weighted by atomic mass is 35.5. The van der Waals surface area contributed by atoms with Crippen LogP contribution in [0.25, 0.3) is 16.9 Å². The van der Waals surface area contributed by atoms with Crippen molar-refractivity contribution >= 4 is 29.0 Å². The van der Waals surface area contributed by atoms with Crippen molar-refractivity contribution < 1.29 is 13.6 Å². The first-order valence-electron chi connectivity index (χ1n) is 13.1. The van der Waals surface area contributed by atoms with Gasteiger partial charge in [-0.2, -0.15) is 5.10 Å². The summed E-state index contributed by atoms with van der Waals surface area (Å²) >= 11 is 6.78. The van der Waals surface area contributed by atoms with Crippen LogP contribution in [0.15, 0.2) is 48.5 Å². The van der Waals surface area contributed by atoms with Crippen LogP contribution in [-0.4, -0.2) is 22.4 Å². The zero-order valence-corrected chi connectivity index (χ0v) is 24.0. The molecular formula is C31H32ClF2N5O. The molecular weight excluding hydrogens is 532 g/mol. The third-order valence-corrected chi connectivity index (χ3v) is 7.71. The molecule has 0 bridgehead atoms. The van der Waals surface area contributed by atoms with Gasteiger partial charge in [0, 0.05) is 36.7 Å². The number of nitrogens with two attached hydrogens (primary N) is 1. The van der Waals surface area contributed by atoms with E-state index >= 15 is 8.78 Å². The Morgan fingerprint density at radius 3 is 2.38 bits per heavy atom. The van der Waals surface area contributed by atoms with E-state index in [4.69, 9.17) is 22.4 Å². The number of hydrogen-bond donors (Lipinski definition) is 2. The highest BCUT2D eigenvalue weighted by molar-refractivity contribution is 6.33. The van der Waals surface area contributed by atoms with Crippen molar-refractivity contribution in [1.82, 2.24) is 9.78 Å². The van der Waals surface area contributed by atoms with E-state index in [-0.39, 0.29) is 16.7 Å². The zero-order valence-electron chi connectivity index (χ0n) is 23.2. The molecule has 0 saturated heterocycles. The molecule has 4 aromatic rings. The predicted molar refractivity (Wildman–Crippen MR) is 157 cm³/mol. The van der Waals surface area contributed by atoms with Gasteiger partial charge in [0.25, 0.3) is 0 Å². The number of hydrogen-bond acceptors (Lipinski definition) is 3. The van der Waals surface area contributed by atoms with Crippen molar-refractivity contribution in [3.63, 3.8) is 0 Å². The topological polar surface area (TPSA) is 76.2 Å². The monoisotopic (exact) mass is 563 g/mol. The second kappa shape index (κ2) is 10.2. The van der Waals surface area contributed by atoms with E-state index in [1.807, 2.05) is 44.2 Å². The van der Waals surface area contributed by atoms with E-state index in [9.17, 15) is 4.79 Å². The van der Waals surface area contributed by atoms with Crippen LogP contribution >= 0.6 is 11.6 Å². The van der Waals surface area contributed by atoms with Crippen molar-refractivity contribution in [1.29, 1.82) is 0 Å². The molecule has 0 atom stereocenters. The Kier molecular flexibility index (Phi) is 7.08. The number of aromatic nitrogens is 2. The van der Waals surface area contributed by atoms with Gasteiger partial charge in [-0.15, -0.1) is 0 Å². The summed E-state index contributed by atoms with van der Waals surface area (Å²) in [7, 11) is 0. The minimum absolute atomic E-state index is 0.0416. The SMILES string of the molecule is Cc1cccc(C)c1-n1nc2c(c1-c1cc(F)c(NC(N)=O)cc1F)CN(c1ccc(C(C)(C)C)cc1Cl)CC2. The lowest BCUT2D eigenvalue weighted by atomic mass is 9.87. The number of anilines is 2. The molecule has 1 aliphatic heterocycles. The zero-order chi connectivity index (χ0) is 28.9. The first-order valence-corrected chi connectivity index (χ1v) is 13.5. The molecule has 0 fully saturated rings. The molecule has 0 spiro atoms. The van der Waals surface area contributed by atoms with Gasteiger partial charge in [0.1, 0.15) is 11.6 Å². The smallest absolute Gasteiger partial charge is 0.316 e. The molecule has 3 N–H and O–H groups in total. The molecule has 208 valence electrons. The highest BCUT2D eigenvalue weighted by Crippen LogP contribution is 2.40. The molecule has 3 aromatic carbocycles. The number of nitrogens with one attached hydrogen (secondary N) is 1. The van der Waals surface area contributed by atoms with E-state index in [2.05, 4.69) is 37.1 Å². The number of amides is 2. The molecule has 2 heterocycles. The summed E-state index contributed by atoms with van der Waals surface area (Å²) in [5, 5.41) is 7.71. The average molecular weight is 564 g/mol. The first kappa shape index (κ1) is 27.6. The van der Waals surface area contributed by atoms with Crippen LogP contribution < -0.4 is 16.0 Å². The Morgan fingerprint density at radius 1 is 1.05 bits per heavy atom. The number of aryl methyl sites for hydroxylation is 2. The summed E-state index contributed by atoms with van der Waals surface area (Å²) in [5.41, 5.74) is 11.6. The lowest BCUT2D eigenvalue weighted by Gasteiger charge is -2.31. The second-order valence-corrected chi connectivity index (χ2v) is 11.7. The maximum Gasteiger partial charge on any atom is 0.316 e. The summed E-state index contributed by atoms with van der Waals surface area (Å²) in [6.07, 6.45) is 0.600. The minimum Gasteiger partial charge on any atom is -0.365 e. The molecule has 0 aliphatic carbocycles. The minimum atomic E-state index is -0.978. The van der Waals surface area contributed by atoms with E-state index in [1.54, 1.807) is 4.68 Å². The lowest BCUT2D eigenvalue weighted by molar-refractivity contribution is 0.259. The Hall–Kier alpha value is -3.91. The van der Waals surface area contributed by atoms with Crippen molar-refractivity contribution in [2.75, 3.05) is 16.8 Å². The number of carbonyl (C=O) groups is 1. The maximum absolute atomic E-state index is 15.7. The van der Waals surface area contributed by atoms with Crippen LogP contribution in [0.5, 0.6) is 0 Å². The second-order valence-electron chi connectivity index (χ2n) is 11.3. The van der Waals surface area contributed by atoms with E-state index < -0.39 is 17.7 Å².